The zero-order chi connectivity index (χ0) is 23.2. The maximum atomic E-state index is 13.5. The van der Waals surface area contributed by atoms with E-state index in [-0.39, 0.29) is 17.9 Å². The molecule has 4 rings (SSSR count). The second-order valence-electron chi connectivity index (χ2n) is 8.77. The highest BCUT2D eigenvalue weighted by molar-refractivity contribution is 5.96. The van der Waals surface area contributed by atoms with Gasteiger partial charge in [0.05, 0.1) is 20.3 Å². The van der Waals surface area contributed by atoms with Crippen LogP contribution in [0, 0.1) is 5.92 Å². The standard InChI is InChI=1S/C26H33N3O4/c1-32-22-16-21(17-23(18-22)33-2)27-25(30)24(19-8-6-7-9-19)28-12-14-29(15-13-28)26(31)20-10-4-3-5-11-20/h3-5,10-11,16-19,24H,6-9,12-15H2,1-2H3,(H,27,30)/t24-/m1/s1. The molecular weight excluding hydrogens is 418 g/mol. The molecule has 1 heterocycles. The molecule has 2 fully saturated rings. The Kier molecular flexibility index (Phi) is 7.50. The second kappa shape index (κ2) is 10.7. The predicted molar refractivity (Wildman–Crippen MR) is 128 cm³/mol. The molecule has 2 aromatic carbocycles. The van der Waals surface area contributed by atoms with Crippen LogP contribution < -0.4 is 14.8 Å². The average Bonchev–Trinajstić information content (AvgIpc) is 3.38. The summed E-state index contributed by atoms with van der Waals surface area (Å²) >= 11 is 0. The van der Waals surface area contributed by atoms with Gasteiger partial charge in [-0.25, -0.2) is 0 Å². The summed E-state index contributed by atoms with van der Waals surface area (Å²) in [6.07, 6.45) is 4.44. The first-order valence-electron chi connectivity index (χ1n) is 11.7. The highest BCUT2D eigenvalue weighted by atomic mass is 16.5. The fourth-order valence-electron chi connectivity index (χ4n) is 5.01. The molecule has 176 valence electrons. The van der Waals surface area contributed by atoms with Crippen molar-refractivity contribution in [2.24, 2.45) is 5.92 Å². The molecule has 2 aliphatic rings. The van der Waals surface area contributed by atoms with E-state index in [4.69, 9.17) is 9.47 Å². The summed E-state index contributed by atoms with van der Waals surface area (Å²) in [5.41, 5.74) is 1.38. The van der Waals surface area contributed by atoms with Crippen LogP contribution in [0.3, 0.4) is 0 Å². The number of ether oxygens (including phenoxy) is 2. The third kappa shape index (κ3) is 5.47. The smallest absolute Gasteiger partial charge is 0.253 e. The van der Waals surface area contributed by atoms with Crippen molar-refractivity contribution in [1.29, 1.82) is 0 Å². The Morgan fingerprint density at radius 2 is 1.52 bits per heavy atom. The Balaban J connectivity index is 1.46. The van der Waals surface area contributed by atoms with Gasteiger partial charge in [-0.3, -0.25) is 14.5 Å². The van der Waals surface area contributed by atoms with E-state index in [0.717, 1.165) is 25.7 Å². The van der Waals surface area contributed by atoms with Gasteiger partial charge in [-0.1, -0.05) is 31.0 Å². The number of carbonyl (C=O) groups excluding carboxylic acids is 2. The first-order chi connectivity index (χ1) is 16.1. The van der Waals surface area contributed by atoms with E-state index >= 15 is 0 Å². The van der Waals surface area contributed by atoms with E-state index in [1.54, 1.807) is 20.3 Å². The van der Waals surface area contributed by atoms with Crippen LogP contribution in [0.4, 0.5) is 5.69 Å². The summed E-state index contributed by atoms with van der Waals surface area (Å²) in [5.74, 6) is 1.65. The number of hydrogen-bond donors (Lipinski definition) is 1. The van der Waals surface area contributed by atoms with Crippen molar-refractivity contribution >= 4 is 17.5 Å². The van der Waals surface area contributed by atoms with Crippen molar-refractivity contribution < 1.29 is 19.1 Å². The van der Waals surface area contributed by atoms with Crippen LogP contribution in [0.25, 0.3) is 0 Å². The van der Waals surface area contributed by atoms with E-state index in [0.29, 0.717) is 54.8 Å². The summed E-state index contributed by atoms with van der Waals surface area (Å²) in [4.78, 5) is 30.5. The first kappa shape index (κ1) is 23.1. The van der Waals surface area contributed by atoms with Gasteiger partial charge in [0.15, 0.2) is 0 Å². The van der Waals surface area contributed by atoms with Gasteiger partial charge in [-0.2, -0.15) is 0 Å². The first-order valence-corrected chi connectivity index (χ1v) is 11.7. The van der Waals surface area contributed by atoms with Crippen molar-refractivity contribution in [1.82, 2.24) is 9.80 Å². The van der Waals surface area contributed by atoms with Crippen LogP contribution in [-0.4, -0.2) is 68.1 Å². The molecule has 1 saturated carbocycles. The van der Waals surface area contributed by atoms with Crippen LogP contribution in [-0.2, 0) is 4.79 Å². The van der Waals surface area contributed by atoms with E-state index in [2.05, 4.69) is 10.2 Å². The Morgan fingerprint density at radius 3 is 2.09 bits per heavy atom. The molecule has 1 N–H and O–H groups in total. The minimum absolute atomic E-state index is 0.0000389. The summed E-state index contributed by atoms with van der Waals surface area (Å²) in [7, 11) is 3.19. The number of nitrogens with one attached hydrogen (secondary N) is 1. The van der Waals surface area contributed by atoms with Crippen molar-refractivity contribution in [3.8, 4) is 11.5 Å². The average molecular weight is 452 g/mol. The van der Waals surface area contributed by atoms with Crippen molar-refractivity contribution in [2.45, 2.75) is 31.7 Å². The molecule has 0 spiro atoms. The molecule has 2 amide bonds. The van der Waals surface area contributed by atoms with Crippen LogP contribution in [0.1, 0.15) is 36.0 Å². The molecule has 0 radical (unpaired) electrons. The number of rotatable bonds is 7. The van der Waals surface area contributed by atoms with Crippen molar-refractivity contribution in [3.63, 3.8) is 0 Å². The number of hydrogen-bond acceptors (Lipinski definition) is 5. The Morgan fingerprint density at radius 1 is 0.909 bits per heavy atom. The zero-order valence-corrected chi connectivity index (χ0v) is 19.5. The lowest BCUT2D eigenvalue weighted by Crippen LogP contribution is -2.56. The van der Waals surface area contributed by atoms with E-state index in [1.807, 2.05) is 47.4 Å². The minimum Gasteiger partial charge on any atom is -0.497 e. The number of amides is 2. The Labute approximate surface area is 195 Å². The minimum atomic E-state index is -0.210. The summed E-state index contributed by atoms with van der Waals surface area (Å²) in [5, 5.41) is 3.10. The number of piperazine rings is 1. The molecule has 0 aromatic heterocycles. The predicted octanol–water partition coefficient (Wildman–Crippen LogP) is 3.66. The van der Waals surface area contributed by atoms with Gasteiger partial charge < -0.3 is 19.7 Å². The van der Waals surface area contributed by atoms with Gasteiger partial charge in [0.25, 0.3) is 5.91 Å². The van der Waals surface area contributed by atoms with Gasteiger partial charge in [0, 0.05) is 55.6 Å². The van der Waals surface area contributed by atoms with Gasteiger partial charge in [-0.15, -0.1) is 0 Å². The van der Waals surface area contributed by atoms with Gasteiger partial charge in [0.1, 0.15) is 11.5 Å². The summed E-state index contributed by atoms with van der Waals surface area (Å²) in [6, 6.07) is 14.6. The molecule has 0 unspecified atom stereocenters. The number of anilines is 1. The third-order valence-electron chi connectivity index (χ3n) is 6.75. The topological polar surface area (TPSA) is 71.1 Å². The lowest BCUT2D eigenvalue weighted by atomic mass is 9.94. The largest absolute Gasteiger partial charge is 0.497 e. The molecule has 2 aromatic rings. The molecule has 1 aliphatic carbocycles. The van der Waals surface area contributed by atoms with Crippen LogP contribution >= 0.6 is 0 Å². The van der Waals surface area contributed by atoms with Crippen LogP contribution in [0.15, 0.2) is 48.5 Å². The quantitative estimate of drug-likeness (QED) is 0.696. The monoisotopic (exact) mass is 451 g/mol. The van der Waals surface area contributed by atoms with E-state index in [1.165, 1.54) is 0 Å². The molecule has 1 atom stereocenters. The SMILES string of the molecule is COc1cc(NC(=O)[C@@H](C2CCCC2)N2CCN(C(=O)c3ccccc3)CC2)cc(OC)c1. The maximum Gasteiger partial charge on any atom is 0.253 e. The molecule has 7 nitrogen and oxygen atoms in total. The number of nitrogens with zero attached hydrogens (tertiary/aromatic N) is 2. The lowest BCUT2D eigenvalue weighted by molar-refractivity contribution is -0.123. The Bertz CT molecular complexity index is 929. The Hall–Kier alpha value is -3.06. The summed E-state index contributed by atoms with van der Waals surface area (Å²) < 4.78 is 10.7. The molecule has 0 bridgehead atoms. The van der Waals surface area contributed by atoms with E-state index in [9.17, 15) is 9.59 Å². The van der Waals surface area contributed by atoms with Crippen LogP contribution in [0.2, 0.25) is 0 Å². The number of carbonyl (C=O) groups is 2. The van der Waals surface area contributed by atoms with Crippen LogP contribution in [0.5, 0.6) is 11.5 Å². The number of benzene rings is 2. The third-order valence-corrected chi connectivity index (χ3v) is 6.75. The van der Waals surface area contributed by atoms with Gasteiger partial charge in [0.2, 0.25) is 5.91 Å². The molecule has 33 heavy (non-hydrogen) atoms. The fraction of sp³-hybridized carbons (Fsp3) is 0.462. The summed E-state index contributed by atoms with van der Waals surface area (Å²) in [6.45, 7) is 2.62. The highest BCUT2D eigenvalue weighted by Crippen LogP contribution is 2.32. The van der Waals surface area contributed by atoms with Crippen molar-refractivity contribution in [3.05, 3.63) is 54.1 Å². The molecular formula is C26H33N3O4. The zero-order valence-electron chi connectivity index (χ0n) is 19.5. The highest BCUT2D eigenvalue weighted by Gasteiger charge is 2.37. The van der Waals surface area contributed by atoms with Gasteiger partial charge in [-0.05, 0) is 30.9 Å². The molecule has 1 aliphatic heterocycles. The normalized spacial score (nSPS) is 18.1. The number of methoxy groups -OCH3 is 2. The molecule has 1 saturated heterocycles. The maximum absolute atomic E-state index is 13.5. The van der Waals surface area contributed by atoms with E-state index < -0.39 is 0 Å². The van der Waals surface area contributed by atoms with Crippen molar-refractivity contribution in [2.75, 3.05) is 45.7 Å². The van der Waals surface area contributed by atoms with Gasteiger partial charge >= 0.3 is 0 Å². The fourth-order valence-corrected chi connectivity index (χ4v) is 5.01. The lowest BCUT2D eigenvalue weighted by Gasteiger charge is -2.40. The second-order valence-corrected chi connectivity index (χ2v) is 8.77. The molecule has 7 heteroatoms.